The van der Waals surface area contributed by atoms with E-state index in [1.165, 1.54) is 0 Å². The number of rotatable bonds is 0. The average molecular weight is 204 g/mol. The van der Waals surface area contributed by atoms with E-state index in [0.717, 1.165) is 0 Å². The maximum absolute atomic E-state index is 3.22. The molecular weight excluding hydrogens is 190 g/mol. The van der Waals surface area contributed by atoms with Crippen LogP contribution in [0.5, 0.6) is 0 Å². The van der Waals surface area contributed by atoms with Crippen molar-refractivity contribution in [3.05, 3.63) is 0 Å². The molecule has 0 aromatic rings. The first-order chi connectivity index (χ1) is 1.00. The van der Waals surface area contributed by atoms with Gasteiger partial charge in [0.2, 0.25) is 0 Å². The van der Waals surface area contributed by atoms with Gasteiger partial charge in [-0.15, -0.1) is 23.3 Å². The van der Waals surface area contributed by atoms with Crippen molar-refractivity contribution in [2.75, 3.05) is 0 Å². The van der Waals surface area contributed by atoms with Crippen LogP contribution in [0.1, 0.15) is 0 Å². The zero-order valence-electron chi connectivity index (χ0n) is 3.39. The molecule has 0 saturated carbocycles. The zero-order valence-corrected chi connectivity index (χ0v) is 5.18. The fourth-order valence-electron chi connectivity index (χ4n) is 0. The van der Waals surface area contributed by atoms with Gasteiger partial charge in [-0.05, 0) is 0 Å². The molecule has 0 amide bonds. The van der Waals surface area contributed by atoms with Gasteiger partial charge < -0.3 is 27.4 Å². The van der Waals surface area contributed by atoms with Crippen LogP contribution in [-0.4, -0.2) is 86.5 Å². The molecule has 0 fully saturated rings. The summed E-state index contributed by atoms with van der Waals surface area (Å²) in [5.74, 6) is 0. The first-order valence-corrected chi connectivity index (χ1v) is 1.80. The summed E-state index contributed by atoms with van der Waals surface area (Å²) >= 11 is 6.44. The minimum absolute atomic E-state index is 0. The Morgan fingerprint density at radius 2 is 0.444 bits per heavy atom. The predicted octanol–water partition coefficient (Wildman–Crippen LogP) is -4.66. The van der Waals surface area contributed by atoms with Crippen LogP contribution in [0.25, 0.3) is 0 Å². The van der Waals surface area contributed by atoms with Gasteiger partial charge in [0.25, 0.3) is 0 Å². The fourth-order valence-corrected chi connectivity index (χ4v) is 0. The Morgan fingerprint density at radius 1 is 0.444 bits per heavy atom. The first-order valence-electron chi connectivity index (χ1n) is 0.200. The van der Waals surface area contributed by atoms with E-state index in [1.54, 1.807) is 0 Å². The van der Waals surface area contributed by atoms with Crippen molar-refractivity contribution in [2.45, 2.75) is 0 Å². The van der Waals surface area contributed by atoms with Crippen molar-refractivity contribution in [2.24, 2.45) is 0 Å². The van der Waals surface area contributed by atoms with Crippen molar-refractivity contribution < 1.29 is 27.4 Å². The Balaban J connectivity index is -0.000000000238. The van der Waals surface area contributed by atoms with E-state index < -0.39 is 0 Å². The molecule has 0 heterocycles. The van der Waals surface area contributed by atoms with Gasteiger partial charge in [-0.25, -0.2) is 0 Å². The average Bonchev–Trinajstić information content (AvgIpc) is 1.00. The van der Waals surface area contributed by atoms with Gasteiger partial charge in [0.15, 0.2) is 0 Å². The molecule has 0 aliphatic heterocycles. The molecule has 0 aromatic heterocycles. The summed E-state index contributed by atoms with van der Waals surface area (Å²) in [5.41, 5.74) is 0. The standard InChI is InChI=1S/2Na.5H2O.H2S2.2H/c;;;;;;;1-2;;/h;;5*1H2;1-2H;;. The van der Waals surface area contributed by atoms with Crippen LogP contribution in [-0.2, 0) is 0 Å². The summed E-state index contributed by atoms with van der Waals surface area (Å²) in [6.07, 6.45) is 0. The van der Waals surface area contributed by atoms with Crippen molar-refractivity contribution in [3.8, 4) is 0 Å². The normalized spacial score (nSPS) is 0.667. The maximum atomic E-state index is 3.22. The molecule has 0 aliphatic rings. The number of thiol groups is 2. The van der Waals surface area contributed by atoms with Gasteiger partial charge in [0, 0.05) is 0 Å². The molecule has 5 nitrogen and oxygen atoms in total. The molecule has 0 radical (unpaired) electrons. The second-order valence-corrected chi connectivity index (χ2v) is 0. The Labute approximate surface area is 108 Å². The Kier molecular flexibility index (Phi) is 1740. The van der Waals surface area contributed by atoms with E-state index in [1.807, 2.05) is 0 Å². The van der Waals surface area contributed by atoms with Crippen LogP contribution in [0.15, 0.2) is 0 Å². The van der Waals surface area contributed by atoms with Gasteiger partial charge in [-0.3, -0.25) is 0 Å². The van der Waals surface area contributed by atoms with Crippen molar-refractivity contribution >= 4 is 82.4 Å². The Morgan fingerprint density at radius 3 is 0.444 bits per heavy atom. The van der Waals surface area contributed by atoms with Gasteiger partial charge in [-0.2, -0.15) is 0 Å². The summed E-state index contributed by atoms with van der Waals surface area (Å²) in [7, 11) is 0. The van der Waals surface area contributed by atoms with Crippen LogP contribution in [0.4, 0.5) is 0 Å². The molecule has 0 unspecified atom stereocenters. The van der Waals surface area contributed by atoms with Gasteiger partial charge in [0.05, 0.1) is 0 Å². The number of hydrogen-bond donors (Lipinski definition) is 2. The van der Waals surface area contributed by atoms with Crippen LogP contribution >= 0.6 is 23.3 Å². The van der Waals surface area contributed by atoms with E-state index in [4.69, 9.17) is 0 Å². The molecule has 9 heteroatoms. The molecular formula is H14Na2O5S2. The van der Waals surface area contributed by atoms with E-state index in [0.29, 0.717) is 0 Å². The monoisotopic (exact) mass is 204 g/mol. The third-order valence-electron chi connectivity index (χ3n) is 0. The fraction of sp³-hybridized carbons (Fsp3) is 0. The van der Waals surface area contributed by atoms with Gasteiger partial charge >= 0.3 is 59.1 Å². The quantitative estimate of drug-likeness (QED) is 0.221. The molecule has 9 heavy (non-hydrogen) atoms. The molecule has 10 N–H and O–H groups in total. The van der Waals surface area contributed by atoms with Gasteiger partial charge in [-0.1, -0.05) is 0 Å². The molecule has 0 rings (SSSR count). The zero-order chi connectivity index (χ0) is 2.00. The van der Waals surface area contributed by atoms with Crippen LogP contribution < -0.4 is 0 Å². The molecule has 0 spiro atoms. The Hall–Kier alpha value is 2.50. The second kappa shape index (κ2) is 152. The predicted molar refractivity (Wildman–Crippen MR) is 50.3 cm³/mol. The summed E-state index contributed by atoms with van der Waals surface area (Å²) in [4.78, 5) is 0. The second-order valence-electron chi connectivity index (χ2n) is 0. The van der Waals surface area contributed by atoms with Crippen molar-refractivity contribution in [1.29, 1.82) is 0 Å². The third kappa shape index (κ3) is 121. The first kappa shape index (κ1) is 104. The van der Waals surface area contributed by atoms with Crippen LogP contribution in [0.3, 0.4) is 0 Å². The summed E-state index contributed by atoms with van der Waals surface area (Å²) in [6, 6.07) is 0. The summed E-state index contributed by atoms with van der Waals surface area (Å²) < 4.78 is 0. The molecule has 0 saturated heterocycles. The summed E-state index contributed by atoms with van der Waals surface area (Å²) in [5, 5.41) is 0. The Bertz CT molecular complexity index is 12.9. The van der Waals surface area contributed by atoms with Crippen LogP contribution in [0.2, 0.25) is 0 Å². The van der Waals surface area contributed by atoms with E-state index >= 15 is 0 Å². The van der Waals surface area contributed by atoms with Gasteiger partial charge in [0.1, 0.15) is 0 Å². The molecule has 58 valence electrons. The topological polar surface area (TPSA) is 158 Å². The molecule has 0 atom stereocenters. The van der Waals surface area contributed by atoms with E-state index in [9.17, 15) is 0 Å². The molecule has 0 bridgehead atoms. The van der Waals surface area contributed by atoms with E-state index in [2.05, 4.69) is 23.3 Å². The third-order valence-corrected chi connectivity index (χ3v) is 0. The molecule has 0 aliphatic carbocycles. The SMILES string of the molecule is O.O.O.O.O.SS.[NaH].[NaH]. The molecule has 0 aromatic carbocycles. The van der Waals surface area contributed by atoms with E-state index in [-0.39, 0.29) is 86.5 Å². The van der Waals surface area contributed by atoms with Crippen molar-refractivity contribution in [1.82, 2.24) is 0 Å². The van der Waals surface area contributed by atoms with Crippen LogP contribution in [0, 0.1) is 0 Å². The minimum atomic E-state index is 0. The number of hydrogen-bond acceptors (Lipinski definition) is 2. The van der Waals surface area contributed by atoms with Crippen molar-refractivity contribution in [3.63, 3.8) is 0 Å². The summed E-state index contributed by atoms with van der Waals surface area (Å²) in [6.45, 7) is 0.